The van der Waals surface area contributed by atoms with E-state index in [4.69, 9.17) is 0 Å². The van der Waals surface area contributed by atoms with E-state index in [9.17, 15) is 9.90 Å². The molecule has 0 bridgehead atoms. The van der Waals surface area contributed by atoms with E-state index in [1.54, 1.807) is 0 Å². The molecule has 1 fully saturated rings. The summed E-state index contributed by atoms with van der Waals surface area (Å²) in [6, 6.07) is 6.39. The van der Waals surface area contributed by atoms with E-state index < -0.39 is 11.4 Å². The average Bonchev–Trinajstić information content (AvgIpc) is 2.66. The topological polar surface area (TPSA) is 42.2 Å². The van der Waals surface area contributed by atoms with Crippen molar-refractivity contribution in [2.45, 2.75) is 51.0 Å². The highest BCUT2D eigenvalue weighted by molar-refractivity contribution is 5.96. The Labute approximate surface area is 118 Å². The highest BCUT2D eigenvalue weighted by Gasteiger charge is 2.49. The third-order valence-electron chi connectivity index (χ3n) is 5.35. The third kappa shape index (κ3) is 1.28. The van der Waals surface area contributed by atoms with Gasteiger partial charge in [-0.1, -0.05) is 24.6 Å². The summed E-state index contributed by atoms with van der Waals surface area (Å²) in [4.78, 5) is 11.9. The molecule has 1 aromatic heterocycles. The zero-order valence-corrected chi connectivity index (χ0v) is 11.8. The summed E-state index contributed by atoms with van der Waals surface area (Å²) in [5.74, 6) is -0.643. The first-order valence-electron chi connectivity index (χ1n) is 7.50. The Kier molecular flexibility index (Phi) is 2.33. The van der Waals surface area contributed by atoms with Gasteiger partial charge in [-0.25, -0.2) is 0 Å². The summed E-state index contributed by atoms with van der Waals surface area (Å²) in [6.07, 6.45) is 4.86. The first-order valence-corrected chi connectivity index (χ1v) is 7.50. The number of aliphatic carboxylic acids is 1. The summed E-state index contributed by atoms with van der Waals surface area (Å²) in [6.45, 7) is 3.13. The molecule has 0 radical (unpaired) electrons. The maximum Gasteiger partial charge on any atom is 0.314 e. The van der Waals surface area contributed by atoms with Crippen LogP contribution in [0.3, 0.4) is 0 Å². The molecule has 0 spiro atoms. The van der Waals surface area contributed by atoms with Crippen LogP contribution in [0.15, 0.2) is 18.2 Å². The minimum absolute atomic E-state index is 0.628. The van der Waals surface area contributed by atoms with Crippen LogP contribution in [0.1, 0.15) is 42.5 Å². The van der Waals surface area contributed by atoms with Crippen molar-refractivity contribution in [1.29, 1.82) is 0 Å². The van der Waals surface area contributed by atoms with E-state index in [0.717, 1.165) is 44.2 Å². The van der Waals surface area contributed by atoms with Crippen LogP contribution < -0.4 is 0 Å². The Morgan fingerprint density at radius 1 is 1.30 bits per heavy atom. The average molecular weight is 269 g/mol. The normalized spacial score (nSPS) is 19.9. The summed E-state index contributed by atoms with van der Waals surface area (Å²) < 4.78 is 2.35. The SMILES string of the molecule is Cc1c(C2(C(=O)O)CCC2)c2cccc3c2n1CCC3. The van der Waals surface area contributed by atoms with Gasteiger partial charge in [0.25, 0.3) is 0 Å². The van der Waals surface area contributed by atoms with Gasteiger partial charge in [0.15, 0.2) is 0 Å². The lowest BCUT2D eigenvalue weighted by Crippen LogP contribution is -2.42. The highest BCUT2D eigenvalue weighted by Crippen LogP contribution is 2.49. The van der Waals surface area contributed by atoms with Crippen molar-refractivity contribution in [3.8, 4) is 0 Å². The van der Waals surface area contributed by atoms with Gasteiger partial charge in [0, 0.05) is 17.6 Å². The molecule has 104 valence electrons. The van der Waals surface area contributed by atoms with Crippen molar-refractivity contribution in [2.24, 2.45) is 0 Å². The van der Waals surface area contributed by atoms with Crippen molar-refractivity contribution in [1.82, 2.24) is 4.57 Å². The predicted octanol–water partition coefficient (Wildman–Crippen LogP) is 3.40. The van der Waals surface area contributed by atoms with Gasteiger partial charge in [-0.2, -0.15) is 0 Å². The number of rotatable bonds is 2. The van der Waals surface area contributed by atoms with Crippen molar-refractivity contribution >= 4 is 16.9 Å². The molecule has 1 aliphatic heterocycles. The van der Waals surface area contributed by atoms with Gasteiger partial charge >= 0.3 is 5.97 Å². The second kappa shape index (κ2) is 3.87. The molecule has 0 unspecified atom stereocenters. The number of para-hydroxylation sites is 1. The van der Waals surface area contributed by atoms with E-state index in [1.165, 1.54) is 22.2 Å². The Bertz CT molecular complexity index is 722. The Morgan fingerprint density at radius 2 is 2.10 bits per heavy atom. The van der Waals surface area contributed by atoms with Gasteiger partial charge in [0.2, 0.25) is 0 Å². The number of carboxylic acid groups (broad SMARTS) is 1. The lowest BCUT2D eigenvalue weighted by molar-refractivity contribution is -0.147. The van der Waals surface area contributed by atoms with Gasteiger partial charge in [0.05, 0.1) is 10.9 Å². The Balaban J connectivity index is 2.09. The van der Waals surface area contributed by atoms with E-state index >= 15 is 0 Å². The van der Waals surface area contributed by atoms with Crippen LogP contribution in [0.5, 0.6) is 0 Å². The monoisotopic (exact) mass is 269 g/mol. The number of hydrogen-bond acceptors (Lipinski definition) is 1. The van der Waals surface area contributed by atoms with Crippen LogP contribution in [-0.2, 0) is 23.2 Å². The van der Waals surface area contributed by atoms with Gasteiger partial charge in [-0.15, -0.1) is 0 Å². The molecule has 0 saturated heterocycles. The highest BCUT2D eigenvalue weighted by atomic mass is 16.4. The molecular formula is C17H19NO2. The molecule has 1 N–H and O–H groups in total. The van der Waals surface area contributed by atoms with Crippen LogP contribution in [0.25, 0.3) is 10.9 Å². The zero-order valence-electron chi connectivity index (χ0n) is 11.8. The van der Waals surface area contributed by atoms with Gasteiger partial charge < -0.3 is 9.67 Å². The quantitative estimate of drug-likeness (QED) is 0.908. The van der Waals surface area contributed by atoms with E-state index in [2.05, 4.69) is 29.7 Å². The van der Waals surface area contributed by atoms with Crippen molar-refractivity contribution in [3.63, 3.8) is 0 Å². The fourth-order valence-corrected chi connectivity index (χ4v) is 4.22. The fourth-order valence-electron chi connectivity index (χ4n) is 4.22. The van der Waals surface area contributed by atoms with E-state index in [-0.39, 0.29) is 0 Å². The minimum Gasteiger partial charge on any atom is -0.481 e. The Morgan fingerprint density at radius 3 is 2.75 bits per heavy atom. The van der Waals surface area contributed by atoms with Crippen molar-refractivity contribution in [2.75, 3.05) is 0 Å². The molecule has 2 aromatic rings. The second-order valence-corrected chi connectivity index (χ2v) is 6.27. The first kappa shape index (κ1) is 12.0. The lowest BCUT2D eigenvalue weighted by Gasteiger charge is -2.38. The van der Waals surface area contributed by atoms with Crippen molar-refractivity contribution < 1.29 is 9.90 Å². The maximum atomic E-state index is 11.9. The molecule has 2 heterocycles. The van der Waals surface area contributed by atoms with Crippen molar-refractivity contribution in [3.05, 3.63) is 35.0 Å². The second-order valence-electron chi connectivity index (χ2n) is 6.27. The molecule has 2 aliphatic rings. The number of aromatic nitrogens is 1. The van der Waals surface area contributed by atoms with Crippen LogP contribution in [-0.4, -0.2) is 15.6 Å². The number of aryl methyl sites for hydroxylation is 2. The number of carbonyl (C=O) groups is 1. The van der Waals surface area contributed by atoms with Crippen LogP contribution in [0, 0.1) is 6.92 Å². The van der Waals surface area contributed by atoms with Gasteiger partial charge in [-0.3, -0.25) is 4.79 Å². The number of carboxylic acids is 1. The number of hydrogen-bond donors (Lipinski definition) is 1. The summed E-state index contributed by atoms with van der Waals surface area (Å²) >= 11 is 0. The van der Waals surface area contributed by atoms with Gasteiger partial charge in [-0.05, 0) is 43.7 Å². The van der Waals surface area contributed by atoms with Crippen LogP contribution >= 0.6 is 0 Å². The summed E-state index contributed by atoms with van der Waals surface area (Å²) in [5, 5.41) is 11.0. The fraction of sp³-hybridized carbons (Fsp3) is 0.471. The molecule has 3 nitrogen and oxygen atoms in total. The molecule has 1 aromatic carbocycles. The first-order chi connectivity index (χ1) is 9.65. The summed E-state index contributed by atoms with van der Waals surface area (Å²) in [5.41, 5.74) is 4.31. The standard InChI is InChI=1S/C17H19NO2/c1-11-14(17(16(19)20)8-4-9-17)13-7-2-5-12-6-3-10-18(11)15(12)13/h2,5,7H,3-4,6,8-10H2,1H3,(H,19,20). The predicted molar refractivity (Wildman–Crippen MR) is 78.2 cm³/mol. The third-order valence-corrected chi connectivity index (χ3v) is 5.35. The zero-order chi connectivity index (χ0) is 13.9. The van der Waals surface area contributed by atoms with E-state index in [1.807, 2.05) is 0 Å². The molecule has 1 aliphatic carbocycles. The minimum atomic E-state index is -0.643. The van der Waals surface area contributed by atoms with Crippen LogP contribution in [0.2, 0.25) is 0 Å². The smallest absolute Gasteiger partial charge is 0.314 e. The summed E-state index contributed by atoms with van der Waals surface area (Å²) in [7, 11) is 0. The molecular weight excluding hydrogens is 250 g/mol. The number of benzene rings is 1. The number of nitrogens with zero attached hydrogens (tertiary/aromatic N) is 1. The lowest BCUT2D eigenvalue weighted by atomic mass is 9.63. The van der Waals surface area contributed by atoms with Crippen LogP contribution in [0.4, 0.5) is 0 Å². The van der Waals surface area contributed by atoms with Gasteiger partial charge in [0.1, 0.15) is 0 Å². The Hall–Kier alpha value is -1.77. The largest absolute Gasteiger partial charge is 0.481 e. The molecule has 3 heteroatoms. The molecule has 0 amide bonds. The van der Waals surface area contributed by atoms with E-state index in [0.29, 0.717) is 0 Å². The molecule has 0 atom stereocenters. The maximum absolute atomic E-state index is 11.9. The molecule has 4 rings (SSSR count). The molecule has 20 heavy (non-hydrogen) atoms. The molecule has 1 saturated carbocycles.